The largest absolute Gasteiger partial charge is 0.429 e. The second kappa shape index (κ2) is 10.00. The number of rotatable bonds is 7. The van der Waals surface area contributed by atoms with Crippen LogP contribution >= 0.6 is 0 Å². The van der Waals surface area contributed by atoms with Gasteiger partial charge in [0.05, 0.1) is 18.8 Å². The maximum Gasteiger partial charge on any atom is 0.426 e. The number of alkyl halides is 2. The van der Waals surface area contributed by atoms with Crippen molar-refractivity contribution >= 4 is 0 Å². The molecule has 0 aliphatic carbocycles. The average molecular weight is 526 g/mol. The van der Waals surface area contributed by atoms with Gasteiger partial charge in [-0.15, -0.1) is 0 Å². The van der Waals surface area contributed by atoms with Gasteiger partial charge in [0.25, 0.3) is 0 Å². The van der Waals surface area contributed by atoms with Gasteiger partial charge in [0.15, 0.2) is 17.5 Å². The molecule has 1 heterocycles. The Hall–Kier alpha value is -3.08. The smallest absolute Gasteiger partial charge is 0.426 e. The quantitative estimate of drug-likeness (QED) is 0.266. The van der Waals surface area contributed by atoms with Crippen LogP contribution in [0.5, 0.6) is 5.75 Å². The van der Waals surface area contributed by atoms with Crippen molar-refractivity contribution in [2.75, 3.05) is 13.2 Å². The highest BCUT2D eigenvalue weighted by Gasteiger charge is 2.43. The van der Waals surface area contributed by atoms with Crippen molar-refractivity contribution in [2.45, 2.75) is 38.8 Å². The summed E-state index contributed by atoms with van der Waals surface area (Å²) >= 11 is 0. The van der Waals surface area contributed by atoms with Crippen LogP contribution in [0.2, 0.25) is 0 Å². The Bertz CT molecular complexity index is 1250. The molecule has 0 saturated carbocycles. The third-order valence-corrected chi connectivity index (χ3v) is 6.15. The molecule has 0 aromatic heterocycles. The summed E-state index contributed by atoms with van der Waals surface area (Å²) in [7, 11) is 0. The Morgan fingerprint density at radius 2 is 1.49 bits per heavy atom. The molecule has 198 valence electrons. The van der Waals surface area contributed by atoms with Gasteiger partial charge < -0.3 is 19.3 Å². The number of benzene rings is 3. The van der Waals surface area contributed by atoms with E-state index in [2.05, 4.69) is 4.74 Å². The molecule has 37 heavy (non-hydrogen) atoms. The van der Waals surface area contributed by atoms with E-state index in [9.17, 15) is 31.4 Å². The Kier molecular flexibility index (Phi) is 7.29. The molecule has 1 saturated heterocycles. The maximum absolute atomic E-state index is 14.8. The van der Waals surface area contributed by atoms with E-state index in [0.717, 1.165) is 37.1 Å². The molecule has 10 heteroatoms. The minimum atomic E-state index is -3.91. The molecule has 0 atom stereocenters. The van der Waals surface area contributed by atoms with E-state index in [0.29, 0.717) is 18.2 Å². The molecule has 4 nitrogen and oxygen atoms in total. The molecule has 0 bridgehead atoms. The van der Waals surface area contributed by atoms with Crippen molar-refractivity contribution in [2.24, 2.45) is 5.41 Å². The SMILES string of the molecule is CCCC1(C)COC(O)(c2ccc(C(F)(F)Oc3ccc(-c4cc(F)c(F)c(F)c4)c(F)c3)cc2)OC1. The van der Waals surface area contributed by atoms with Crippen LogP contribution in [0.15, 0.2) is 54.6 Å². The van der Waals surface area contributed by atoms with Crippen LogP contribution in [0.25, 0.3) is 11.1 Å². The highest BCUT2D eigenvalue weighted by Crippen LogP contribution is 2.39. The van der Waals surface area contributed by atoms with Crippen LogP contribution in [0, 0.1) is 28.7 Å². The third-order valence-electron chi connectivity index (χ3n) is 6.15. The molecule has 1 aliphatic heterocycles. The summed E-state index contributed by atoms with van der Waals surface area (Å²) in [5.74, 6) is -8.51. The molecular weight excluding hydrogens is 502 g/mol. The van der Waals surface area contributed by atoms with E-state index in [1.807, 2.05) is 13.8 Å². The van der Waals surface area contributed by atoms with Gasteiger partial charge in [-0.05, 0) is 48.4 Å². The van der Waals surface area contributed by atoms with Gasteiger partial charge in [0, 0.05) is 22.6 Å². The first-order chi connectivity index (χ1) is 17.4. The van der Waals surface area contributed by atoms with Crippen LogP contribution in [-0.2, 0) is 21.6 Å². The topological polar surface area (TPSA) is 47.9 Å². The van der Waals surface area contributed by atoms with E-state index in [-0.39, 0.29) is 35.3 Å². The third kappa shape index (κ3) is 5.61. The van der Waals surface area contributed by atoms with Crippen molar-refractivity contribution in [3.8, 4) is 16.9 Å². The molecule has 4 rings (SSSR count). The lowest BCUT2D eigenvalue weighted by molar-refractivity contribution is -0.414. The van der Waals surface area contributed by atoms with Gasteiger partial charge in [-0.2, -0.15) is 8.78 Å². The van der Waals surface area contributed by atoms with Gasteiger partial charge in [0.1, 0.15) is 11.6 Å². The first-order valence-electron chi connectivity index (χ1n) is 11.5. The second-order valence-corrected chi connectivity index (χ2v) is 9.31. The first-order valence-corrected chi connectivity index (χ1v) is 11.5. The zero-order valence-corrected chi connectivity index (χ0v) is 20.0. The standard InChI is InChI=1S/C27H24F6O4/c1-3-10-25(2)14-35-27(34,36-15-25)18-6-4-17(5-7-18)26(32,33)37-19-8-9-20(21(28)13-19)16-11-22(29)24(31)23(30)12-16/h4-9,11-13,34H,3,10,14-15H2,1-2H3. The van der Waals surface area contributed by atoms with E-state index < -0.39 is 46.7 Å². The first kappa shape index (κ1) is 27.0. The predicted molar refractivity (Wildman–Crippen MR) is 121 cm³/mol. The van der Waals surface area contributed by atoms with Crippen molar-refractivity contribution in [1.29, 1.82) is 0 Å². The van der Waals surface area contributed by atoms with E-state index in [1.165, 1.54) is 12.1 Å². The summed E-state index contributed by atoms with van der Waals surface area (Å²) in [5, 5.41) is 10.7. The van der Waals surface area contributed by atoms with Crippen molar-refractivity contribution in [1.82, 2.24) is 0 Å². The van der Waals surface area contributed by atoms with Crippen LogP contribution in [0.1, 0.15) is 37.8 Å². The van der Waals surface area contributed by atoms with E-state index in [4.69, 9.17) is 9.47 Å². The lowest BCUT2D eigenvalue weighted by atomic mass is 9.86. The van der Waals surface area contributed by atoms with Crippen LogP contribution in [0.3, 0.4) is 0 Å². The van der Waals surface area contributed by atoms with E-state index >= 15 is 0 Å². The molecule has 0 amide bonds. The molecule has 0 radical (unpaired) electrons. The molecule has 1 N–H and O–H groups in total. The number of aliphatic hydroxyl groups is 1. The zero-order valence-electron chi connectivity index (χ0n) is 20.0. The molecule has 3 aromatic rings. The summed E-state index contributed by atoms with van der Waals surface area (Å²) < 4.78 is 100. The molecule has 0 spiro atoms. The molecule has 1 aliphatic rings. The van der Waals surface area contributed by atoms with Crippen molar-refractivity contribution in [3.63, 3.8) is 0 Å². The molecule has 3 aromatic carbocycles. The lowest BCUT2D eigenvalue weighted by Gasteiger charge is -2.41. The van der Waals surface area contributed by atoms with Crippen molar-refractivity contribution in [3.05, 3.63) is 89.0 Å². The number of halogens is 6. The fourth-order valence-corrected chi connectivity index (χ4v) is 4.13. The maximum atomic E-state index is 14.8. The van der Waals surface area contributed by atoms with E-state index in [1.54, 1.807) is 0 Å². The van der Waals surface area contributed by atoms with Gasteiger partial charge >= 0.3 is 12.1 Å². The van der Waals surface area contributed by atoms with Crippen LogP contribution < -0.4 is 4.74 Å². The molecule has 1 fully saturated rings. The van der Waals surface area contributed by atoms with Gasteiger partial charge in [-0.1, -0.05) is 32.4 Å². The molecular formula is C27H24F6O4. The monoisotopic (exact) mass is 526 g/mol. The summed E-state index contributed by atoms with van der Waals surface area (Å²) in [6.45, 7) is 4.42. The lowest BCUT2D eigenvalue weighted by Crippen LogP contribution is -2.46. The fourth-order valence-electron chi connectivity index (χ4n) is 4.13. The fraction of sp³-hybridized carbons (Fsp3) is 0.333. The average Bonchev–Trinajstić information content (AvgIpc) is 2.84. The Labute approximate surface area is 209 Å². The Balaban J connectivity index is 1.49. The molecule has 0 unspecified atom stereocenters. The van der Waals surface area contributed by atoms with Crippen LogP contribution in [-0.4, -0.2) is 18.3 Å². The van der Waals surface area contributed by atoms with Gasteiger partial charge in [-0.3, -0.25) is 0 Å². The number of ether oxygens (including phenoxy) is 3. The summed E-state index contributed by atoms with van der Waals surface area (Å²) in [6, 6.07) is 8.19. The number of hydrogen-bond acceptors (Lipinski definition) is 4. The highest BCUT2D eigenvalue weighted by atomic mass is 19.3. The van der Waals surface area contributed by atoms with Gasteiger partial charge in [0.2, 0.25) is 0 Å². The highest BCUT2D eigenvalue weighted by molar-refractivity contribution is 5.65. The predicted octanol–water partition coefficient (Wildman–Crippen LogP) is 6.99. The van der Waals surface area contributed by atoms with Crippen molar-refractivity contribution < 1.29 is 45.7 Å². The summed E-state index contributed by atoms with van der Waals surface area (Å²) in [6.07, 6.45) is -2.18. The van der Waals surface area contributed by atoms with Crippen LogP contribution in [0.4, 0.5) is 26.3 Å². The Morgan fingerprint density at radius 3 is 2.03 bits per heavy atom. The zero-order chi connectivity index (χ0) is 27.0. The Morgan fingerprint density at radius 1 is 0.892 bits per heavy atom. The number of hydrogen-bond donors (Lipinski definition) is 1. The summed E-state index contributed by atoms with van der Waals surface area (Å²) in [4.78, 5) is 0. The van der Waals surface area contributed by atoms with Gasteiger partial charge in [-0.25, -0.2) is 17.6 Å². The second-order valence-electron chi connectivity index (χ2n) is 9.31. The minimum absolute atomic E-state index is 0.111. The minimum Gasteiger partial charge on any atom is -0.429 e. The normalized spacial score (nSPS) is 22.2. The summed E-state index contributed by atoms with van der Waals surface area (Å²) in [5.41, 5.74) is -1.42.